The molecule has 8 nitrogen and oxygen atoms in total. The van der Waals surface area contributed by atoms with Gasteiger partial charge in [0.15, 0.2) is 0 Å². The van der Waals surface area contributed by atoms with Gasteiger partial charge >= 0.3 is 51.3 Å². The molecule has 0 aromatic carbocycles. The third kappa shape index (κ3) is 6.96. The normalized spacial score (nSPS) is 15.5. The van der Waals surface area contributed by atoms with Crippen molar-refractivity contribution in [3.8, 4) is 0 Å². The Labute approximate surface area is 191 Å². The van der Waals surface area contributed by atoms with Gasteiger partial charge in [-0.25, -0.2) is 4.79 Å². The maximum Gasteiger partial charge on any atom is 0.466 e. The number of carbonyl (C=O) groups is 2. The van der Waals surface area contributed by atoms with Gasteiger partial charge in [0, 0.05) is 19.0 Å². The molecule has 1 atom stereocenters. The van der Waals surface area contributed by atoms with Crippen molar-refractivity contribution in [1.29, 1.82) is 0 Å². The van der Waals surface area contributed by atoms with Crippen LogP contribution in [0.25, 0.3) is 0 Å². The second kappa shape index (κ2) is 10.5. The SMILES string of the molecule is C=C(C(=O)OC(OCCC(F)(F)C(F)(F)S(=O)(=O)O)(C(=O)N(CC)C(C)C)C(F)(F)F)C(F)(F)F. The van der Waals surface area contributed by atoms with Crippen LogP contribution in [0, 0.1) is 0 Å². The minimum Gasteiger partial charge on any atom is -0.412 e. The van der Waals surface area contributed by atoms with Crippen LogP contribution in [0.5, 0.6) is 0 Å². The Kier molecular flexibility index (Phi) is 9.81. The number of likely N-dealkylation sites (N-methyl/N-ethyl adjacent to an activating group) is 1. The molecule has 0 aliphatic rings. The van der Waals surface area contributed by atoms with Crippen LogP contribution in [0.1, 0.15) is 27.2 Å². The van der Waals surface area contributed by atoms with Crippen molar-refractivity contribution < 1.29 is 75.9 Å². The summed E-state index contributed by atoms with van der Waals surface area (Å²) in [5, 5.41) is -6.25. The van der Waals surface area contributed by atoms with Crippen LogP contribution in [-0.2, 0) is 29.2 Å². The number of halogens is 10. The molecule has 0 saturated heterocycles. The minimum atomic E-state index is -6.80. The highest BCUT2D eigenvalue weighted by molar-refractivity contribution is 7.87. The highest BCUT2D eigenvalue weighted by atomic mass is 32.2. The van der Waals surface area contributed by atoms with Crippen LogP contribution in [-0.4, -0.2) is 78.3 Å². The van der Waals surface area contributed by atoms with Crippen LogP contribution in [0.2, 0.25) is 0 Å². The van der Waals surface area contributed by atoms with E-state index in [1.165, 1.54) is 0 Å². The van der Waals surface area contributed by atoms with E-state index in [1.807, 2.05) is 0 Å². The number of esters is 1. The summed E-state index contributed by atoms with van der Waals surface area (Å²) < 4.78 is 171. The zero-order valence-corrected chi connectivity index (χ0v) is 18.8. The second-order valence-electron chi connectivity index (χ2n) is 6.96. The molecule has 206 valence electrons. The van der Waals surface area contributed by atoms with Gasteiger partial charge in [-0.1, -0.05) is 6.58 Å². The lowest BCUT2D eigenvalue weighted by atomic mass is 10.1. The lowest BCUT2D eigenvalue weighted by Gasteiger charge is -2.38. The van der Waals surface area contributed by atoms with Crippen LogP contribution in [0.3, 0.4) is 0 Å². The topological polar surface area (TPSA) is 110 Å². The number of hydrogen-bond acceptors (Lipinski definition) is 6. The van der Waals surface area contributed by atoms with Crippen molar-refractivity contribution in [2.75, 3.05) is 13.2 Å². The molecule has 19 heteroatoms. The van der Waals surface area contributed by atoms with Gasteiger partial charge in [-0.3, -0.25) is 9.35 Å². The quantitative estimate of drug-likeness (QED) is 0.135. The Morgan fingerprint density at radius 1 is 1.00 bits per heavy atom. The van der Waals surface area contributed by atoms with E-state index in [0.29, 0.717) is 0 Å². The average Bonchev–Trinajstić information content (AvgIpc) is 2.63. The summed E-state index contributed by atoms with van der Waals surface area (Å²) in [6.07, 6.45) is -14.6. The van der Waals surface area contributed by atoms with E-state index in [1.54, 1.807) is 0 Å². The third-order valence-corrected chi connectivity index (χ3v) is 5.12. The molecule has 0 fully saturated rings. The zero-order valence-electron chi connectivity index (χ0n) is 17.9. The summed E-state index contributed by atoms with van der Waals surface area (Å²) >= 11 is 0. The molecule has 0 spiro atoms. The summed E-state index contributed by atoms with van der Waals surface area (Å²) in [6.45, 7) is 2.48. The first-order valence-corrected chi connectivity index (χ1v) is 10.5. The summed E-state index contributed by atoms with van der Waals surface area (Å²) in [7, 11) is -6.80. The Morgan fingerprint density at radius 2 is 1.46 bits per heavy atom. The number of rotatable bonds is 11. The van der Waals surface area contributed by atoms with E-state index in [2.05, 4.69) is 16.1 Å². The van der Waals surface area contributed by atoms with Crippen molar-refractivity contribution in [3.63, 3.8) is 0 Å². The van der Waals surface area contributed by atoms with E-state index in [-0.39, 0.29) is 4.90 Å². The van der Waals surface area contributed by atoms with Gasteiger partial charge in [0.1, 0.15) is 5.57 Å². The van der Waals surface area contributed by atoms with E-state index >= 15 is 0 Å². The van der Waals surface area contributed by atoms with Gasteiger partial charge in [-0.2, -0.15) is 52.3 Å². The number of hydrogen-bond donors (Lipinski definition) is 1. The highest BCUT2D eigenvalue weighted by Crippen LogP contribution is 2.43. The molecule has 1 amide bonds. The first-order valence-electron chi connectivity index (χ1n) is 9.04. The monoisotopic (exact) mass is 559 g/mol. The lowest BCUT2D eigenvalue weighted by molar-refractivity contribution is -0.354. The molecule has 35 heavy (non-hydrogen) atoms. The molecule has 0 aliphatic heterocycles. The fourth-order valence-corrected chi connectivity index (χ4v) is 2.77. The number of carbonyl (C=O) groups excluding carboxylic acids is 2. The third-order valence-electron chi connectivity index (χ3n) is 4.18. The molecule has 0 heterocycles. The van der Waals surface area contributed by atoms with Crippen LogP contribution in [0.15, 0.2) is 12.2 Å². The molecular weight excluding hydrogens is 540 g/mol. The Morgan fingerprint density at radius 3 is 1.77 bits per heavy atom. The zero-order chi connectivity index (χ0) is 28.4. The van der Waals surface area contributed by atoms with Gasteiger partial charge in [-0.05, 0) is 20.8 Å². The Bertz CT molecular complexity index is 915. The molecule has 0 rings (SSSR count). The van der Waals surface area contributed by atoms with Crippen molar-refractivity contribution in [2.24, 2.45) is 0 Å². The number of nitrogens with zero attached hydrogens (tertiary/aromatic N) is 1. The molecular formula is C16H19F10NO7S. The van der Waals surface area contributed by atoms with Crippen molar-refractivity contribution in [1.82, 2.24) is 4.90 Å². The largest absolute Gasteiger partial charge is 0.466 e. The van der Waals surface area contributed by atoms with Crippen molar-refractivity contribution in [2.45, 2.75) is 62.6 Å². The maximum atomic E-state index is 13.9. The van der Waals surface area contributed by atoms with Crippen LogP contribution in [0.4, 0.5) is 43.9 Å². The van der Waals surface area contributed by atoms with Gasteiger partial charge in [-0.15, -0.1) is 0 Å². The van der Waals surface area contributed by atoms with Crippen LogP contribution < -0.4 is 0 Å². The molecule has 0 bridgehead atoms. The molecule has 1 N–H and O–H groups in total. The van der Waals surface area contributed by atoms with Crippen molar-refractivity contribution in [3.05, 3.63) is 12.2 Å². The molecule has 0 radical (unpaired) electrons. The van der Waals surface area contributed by atoms with E-state index in [9.17, 15) is 61.9 Å². The van der Waals surface area contributed by atoms with Gasteiger partial charge in [0.2, 0.25) is 0 Å². The summed E-state index contributed by atoms with van der Waals surface area (Å²) in [5.41, 5.74) is -2.57. The number of alkyl halides is 10. The minimum absolute atomic E-state index is 0.238. The van der Waals surface area contributed by atoms with Gasteiger partial charge in [0.05, 0.1) is 6.61 Å². The van der Waals surface area contributed by atoms with E-state index in [4.69, 9.17) is 4.55 Å². The van der Waals surface area contributed by atoms with Gasteiger partial charge in [0.25, 0.3) is 0 Å². The molecule has 1 unspecified atom stereocenters. The first kappa shape index (κ1) is 32.8. The highest BCUT2D eigenvalue weighted by Gasteiger charge is 2.69. The van der Waals surface area contributed by atoms with Crippen molar-refractivity contribution >= 4 is 22.0 Å². The van der Waals surface area contributed by atoms with Crippen LogP contribution >= 0.6 is 0 Å². The molecule has 0 aromatic heterocycles. The van der Waals surface area contributed by atoms with E-state index < -0.39 is 82.5 Å². The number of ether oxygens (including phenoxy) is 2. The summed E-state index contributed by atoms with van der Waals surface area (Å²) in [5.74, 6) is -16.2. The standard InChI is InChI=1S/C16H19F10NO7S/c1-5-27(8(2)3)11(29)13(15(22,23)24,34-10(28)9(4)14(19,20)21)33-7-6-12(17,18)16(25,26)35(30,31)32/h8H,4-7H2,1-3H3,(H,30,31,32). The lowest BCUT2D eigenvalue weighted by Crippen LogP contribution is -2.63. The van der Waals surface area contributed by atoms with E-state index in [0.717, 1.165) is 20.8 Å². The fraction of sp³-hybridized carbons (Fsp3) is 0.750. The predicted octanol–water partition coefficient (Wildman–Crippen LogP) is 3.69. The van der Waals surface area contributed by atoms with Gasteiger partial charge < -0.3 is 14.4 Å². The predicted molar refractivity (Wildman–Crippen MR) is 94.6 cm³/mol. The molecule has 0 aromatic rings. The smallest absolute Gasteiger partial charge is 0.412 e. The molecule has 0 aliphatic carbocycles. The fourth-order valence-electron chi connectivity index (χ4n) is 2.29. The maximum absolute atomic E-state index is 13.9. The summed E-state index contributed by atoms with van der Waals surface area (Å²) in [4.78, 5) is 24.6. The Hall–Kier alpha value is -2.15. The molecule has 0 saturated carbocycles. The average molecular weight is 559 g/mol. The summed E-state index contributed by atoms with van der Waals surface area (Å²) in [6, 6.07) is -1.17. The number of amides is 1. The Balaban J connectivity index is 6.55. The first-order chi connectivity index (χ1) is 15.3. The second-order valence-corrected chi connectivity index (χ2v) is 8.42.